The lowest BCUT2D eigenvalue weighted by Gasteiger charge is -2.19. The van der Waals surface area contributed by atoms with Gasteiger partial charge in [-0.3, -0.25) is 9.59 Å². The van der Waals surface area contributed by atoms with E-state index in [4.69, 9.17) is 15.6 Å². The third-order valence-corrected chi connectivity index (χ3v) is 5.93. The molecule has 4 rings (SSSR count). The Balaban J connectivity index is 1.58. The maximum Gasteiger partial charge on any atom is 0.320 e. The molecule has 0 fully saturated rings. The molecule has 1 amide bonds. The molecule has 1 atom stereocenters. The van der Waals surface area contributed by atoms with E-state index in [1.807, 2.05) is 41.3 Å². The van der Waals surface area contributed by atoms with E-state index in [1.165, 1.54) is 5.56 Å². The molecule has 6 nitrogen and oxygen atoms in total. The molecule has 3 aromatic rings. The van der Waals surface area contributed by atoms with Crippen LogP contribution in [0.1, 0.15) is 27.9 Å². The fourth-order valence-corrected chi connectivity index (χ4v) is 4.21. The number of carbonyl (C=O) groups excluding carboxylic acids is 1. The smallest absolute Gasteiger partial charge is 0.320 e. The van der Waals surface area contributed by atoms with Crippen molar-refractivity contribution in [2.75, 3.05) is 18.6 Å². The number of nitrogens with two attached hydrogens (primary N) is 1. The fraction of sp³-hybridized carbons (Fsp3) is 0.231. The number of rotatable bonds is 7. The summed E-state index contributed by atoms with van der Waals surface area (Å²) in [6.45, 7) is 0.621. The molecule has 0 unspecified atom stereocenters. The average Bonchev–Trinajstić information content (AvgIpc) is 3.26. The van der Waals surface area contributed by atoms with E-state index in [-0.39, 0.29) is 5.91 Å². The third-order valence-electron chi connectivity index (χ3n) is 5.93. The molecule has 164 valence electrons. The predicted molar refractivity (Wildman–Crippen MR) is 124 cm³/mol. The molecule has 0 saturated heterocycles. The van der Waals surface area contributed by atoms with Crippen LogP contribution < -0.4 is 15.4 Å². The molecule has 0 aliphatic carbocycles. The van der Waals surface area contributed by atoms with E-state index in [0.717, 1.165) is 28.8 Å². The fourth-order valence-electron chi connectivity index (χ4n) is 4.21. The Hall–Kier alpha value is -3.64. The van der Waals surface area contributed by atoms with Crippen molar-refractivity contribution in [3.63, 3.8) is 0 Å². The SMILES string of the molecule is COc1cc(C(=O)N2CCc3c(-c4ccccc4)cccc32)ccc1CC[C@@H](N)C(=O)O. The molecule has 6 heteroatoms. The van der Waals surface area contributed by atoms with Crippen LogP contribution in [0.4, 0.5) is 5.69 Å². The van der Waals surface area contributed by atoms with Gasteiger partial charge in [0, 0.05) is 17.8 Å². The highest BCUT2D eigenvalue weighted by atomic mass is 16.5. The number of methoxy groups -OCH3 is 1. The molecule has 0 saturated carbocycles. The molecule has 3 aromatic carbocycles. The second-order valence-corrected chi connectivity index (χ2v) is 7.89. The highest BCUT2D eigenvalue weighted by Gasteiger charge is 2.28. The van der Waals surface area contributed by atoms with Gasteiger partial charge >= 0.3 is 5.97 Å². The normalized spacial score (nSPS) is 13.5. The van der Waals surface area contributed by atoms with Crippen LogP contribution in [0.25, 0.3) is 11.1 Å². The first-order valence-electron chi connectivity index (χ1n) is 10.6. The number of benzene rings is 3. The van der Waals surface area contributed by atoms with E-state index in [9.17, 15) is 9.59 Å². The molecule has 1 aliphatic rings. The van der Waals surface area contributed by atoms with E-state index < -0.39 is 12.0 Å². The number of anilines is 1. The van der Waals surface area contributed by atoms with Crippen LogP contribution >= 0.6 is 0 Å². The molecule has 1 heterocycles. The first kappa shape index (κ1) is 21.6. The van der Waals surface area contributed by atoms with Crippen molar-refractivity contribution >= 4 is 17.6 Å². The topological polar surface area (TPSA) is 92.9 Å². The van der Waals surface area contributed by atoms with E-state index in [2.05, 4.69) is 18.2 Å². The lowest BCUT2D eigenvalue weighted by molar-refractivity contribution is -0.138. The number of aryl methyl sites for hydroxylation is 1. The summed E-state index contributed by atoms with van der Waals surface area (Å²) in [5, 5.41) is 8.99. The summed E-state index contributed by atoms with van der Waals surface area (Å²) in [5.41, 5.74) is 11.4. The quantitative estimate of drug-likeness (QED) is 0.593. The summed E-state index contributed by atoms with van der Waals surface area (Å²) in [6, 6.07) is 20.7. The zero-order valence-corrected chi connectivity index (χ0v) is 18.0. The van der Waals surface area contributed by atoms with Crippen LogP contribution in [-0.2, 0) is 17.6 Å². The van der Waals surface area contributed by atoms with Crippen molar-refractivity contribution < 1.29 is 19.4 Å². The Labute approximate surface area is 187 Å². The number of hydrogen-bond acceptors (Lipinski definition) is 4. The van der Waals surface area contributed by atoms with Crippen molar-refractivity contribution in [1.82, 2.24) is 0 Å². The summed E-state index contributed by atoms with van der Waals surface area (Å²) in [5.74, 6) is -0.551. The summed E-state index contributed by atoms with van der Waals surface area (Å²) in [7, 11) is 1.54. The summed E-state index contributed by atoms with van der Waals surface area (Å²) in [6.07, 6.45) is 1.55. The Morgan fingerprint density at radius 3 is 2.59 bits per heavy atom. The number of hydrogen-bond donors (Lipinski definition) is 2. The molecule has 1 aliphatic heterocycles. The Morgan fingerprint density at radius 2 is 1.88 bits per heavy atom. The largest absolute Gasteiger partial charge is 0.496 e. The maximum atomic E-state index is 13.4. The molecule has 0 aromatic heterocycles. The Morgan fingerprint density at radius 1 is 1.09 bits per heavy atom. The molecule has 0 radical (unpaired) electrons. The third kappa shape index (κ3) is 4.22. The van der Waals surface area contributed by atoms with Crippen molar-refractivity contribution in [3.05, 3.63) is 83.4 Å². The Kier molecular flexibility index (Phi) is 6.23. The number of carboxylic acid groups (broad SMARTS) is 1. The second-order valence-electron chi connectivity index (χ2n) is 7.89. The van der Waals surface area contributed by atoms with Gasteiger partial charge in [-0.1, -0.05) is 48.5 Å². The number of carboxylic acids is 1. The van der Waals surface area contributed by atoms with Crippen molar-refractivity contribution in [1.29, 1.82) is 0 Å². The minimum Gasteiger partial charge on any atom is -0.496 e. The minimum atomic E-state index is -1.03. The van der Waals surface area contributed by atoms with Gasteiger partial charge in [-0.15, -0.1) is 0 Å². The van der Waals surface area contributed by atoms with Crippen LogP contribution in [0, 0.1) is 0 Å². The predicted octanol–water partition coefficient (Wildman–Crippen LogP) is 3.91. The summed E-state index contributed by atoms with van der Waals surface area (Å²) >= 11 is 0. The lowest BCUT2D eigenvalue weighted by Crippen LogP contribution is -2.30. The number of carbonyl (C=O) groups is 2. The standard InChI is InChI=1S/C26H26N2O4/c1-32-24-16-19(11-10-18(24)12-13-22(27)26(30)31)25(29)28-15-14-21-20(8-5-9-23(21)28)17-6-3-2-4-7-17/h2-11,16,22H,12-15,27H2,1H3,(H,30,31)/t22-/m1/s1. The molecule has 3 N–H and O–H groups in total. The van der Waals surface area contributed by atoms with Crippen LogP contribution in [-0.4, -0.2) is 36.7 Å². The van der Waals surface area contributed by atoms with Crippen LogP contribution in [0.15, 0.2) is 66.7 Å². The van der Waals surface area contributed by atoms with Crippen molar-refractivity contribution in [2.45, 2.75) is 25.3 Å². The van der Waals surface area contributed by atoms with E-state index >= 15 is 0 Å². The van der Waals surface area contributed by atoms with Gasteiger partial charge < -0.3 is 20.5 Å². The van der Waals surface area contributed by atoms with Crippen LogP contribution in [0.5, 0.6) is 5.75 Å². The highest BCUT2D eigenvalue weighted by Crippen LogP contribution is 2.37. The molecule has 0 spiro atoms. The van der Waals surface area contributed by atoms with Crippen LogP contribution in [0.3, 0.4) is 0 Å². The summed E-state index contributed by atoms with van der Waals surface area (Å²) < 4.78 is 5.48. The van der Waals surface area contributed by atoms with E-state index in [0.29, 0.717) is 30.7 Å². The Bertz CT molecular complexity index is 1140. The average molecular weight is 431 g/mol. The van der Waals surface area contributed by atoms with Crippen molar-refractivity contribution in [3.8, 4) is 16.9 Å². The van der Waals surface area contributed by atoms with Crippen LogP contribution in [0.2, 0.25) is 0 Å². The highest BCUT2D eigenvalue weighted by molar-refractivity contribution is 6.08. The second kappa shape index (κ2) is 9.24. The van der Waals surface area contributed by atoms with Gasteiger partial charge in [0.2, 0.25) is 0 Å². The number of fused-ring (bicyclic) bond motifs is 1. The lowest BCUT2D eigenvalue weighted by atomic mass is 9.98. The van der Waals surface area contributed by atoms with Gasteiger partial charge in [0.25, 0.3) is 5.91 Å². The maximum absolute atomic E-state index is 13.4. The van der Waals surface area contributed by atoms with Gasteiger partial charge in [-0.05, 0) is 59.7 Å². The number of ether oxygens (including phenoxy) is 1. The van der Waals surface area contributed by atoms with Crippen molar-refractivity contribution in [2.24, 2.45) is 5.73 Å². The van der Waals surface area contributed by atoms with Gasteiger partial charge in [0.1, 0.15) is 11.8 Å². The van der Waals surface area contributed by atoms with Gasteiger partial charge in [0.15, 0.2) is 0 Å². The molecule has 0 bridgehead atoms. The minimum absolute atomic E-state index is 0.0824. The number of aliphatic carboxylic acids is 1. The number of nitrogens with zero attached hydrogens (tertiary/aromatic N) is 1. The molecular weight excluding hydrogens is 404 g/mol. The first-order chi connectivity index (χ1) is 15.5. The number of amides is 1. The molecule has 32 heavy (non-hydrogen) atoms. The molecular formula is C26H26N2O4. The first-order valence-corrected chi connectivity index (χ1v) is 10.6. The monoisotopic (exact) mass is 430 g/mol. The van der Waals surface area contributed by atoms with Gasteiger partial charge in [-0.25, -0.2) is 0 Å². The van der Waals surface area contributed by atoms with E-state index in [1.54, 1.807) is 19.2 Å². The summed E-state index contributed by atoms with van der Waals surface area (Å²) in [4.78, 5) is 26.2. The zero-order chi connectivity index (χ0) is 22.7. The zero-order valence-electron chi connectivity index (χ0n) is 18.0. The van der Waals surface area contributed by atoms with Gasteiger partial charge in [0.05, 0.1) is 7.11 Å². The van der Waals surface area contributed by atoms with Gasteiger partial charge in [-0.2, -0.15) is 0 Å².